The van der Waals surface area contributed by atoms with Crippen molar-refractivity contribution in [1.29, 1.82) is 0 Å². The van der Waals surface area contributed by atoms with Crippen LogP contribution in [0.1, 0.15) is 5.69 Å². The first kappa shape index (κ1) is 7.31. The Kier molecular flexibility index (Phi) is 1.80. The molecule has 3 heteroatoms. The summed E-state index contributed by atoms with van der Waals surface area (Å²) in [6, 6.07) is 6.09. The zero-order valence-corrected chi connectivity index (χ0v) is 6.99. The van der Waals surface area contributed by atoms with E-state index in [1.807, 2.05) is 36.1 Å². The first-order valence-electron chi connectivity index (χ1n) is 3.97. The summed E-state index contributed by atoms with van der Waals surface area (Å²) in [5.74, 6) is 0. The molecular weight excluding hydrogens is 150 g/mol. The Labute approximate surface area is 71.0 Å². The Morgan fingerprint density at radius 3 is 3.25 bits per heavy atom. The number of hydrogen-bond acceptors (Lipinski definition) is 2. The zero-order valence-electron chi connectivity index (χ0n) is 6.99. The van der Waals surface area contributed by atoms with Crippen molar-refractivity contribution in [3.05, 3.63) is 36.4 Å². The molecule has 0 spiro atoms. The molecule has 1 N–H and O–H groups in total. The Bertz CT molecular complexity index is 378. The molecule has 0 bridgehead atoms. The first-order chi connectivity index (χ1) is 5.92. The van der Waals surface area contributed by atoms with Crippen LogP contribution in [0.15, 0.2) is 30.7 Å². The van der Waals surface area contributed by atoms with E-state index in [9.17, 15) is 0 Å². The van der Waals surface area contributed by atoms with Crippen LogP contribution in [0.25, 0.3) is 5.52 Å². The average molecular weight is 161 g/mol. The topological polar surface area (TPSA) is 29.3 Å². The lowest BCUT2D eigenvalue weighted by Gasteiger charge is -1.95. The van der Waals surface area contributed by atoms with E-state index >= 15 is 0 Å². The second-order valence-corrected chi connectivity index (χ2v) is 2.71. The molecule has 0 aromatic carbocycles. The Balaban J connectivity index is 2.55. The Morgan fingerprint density at radius 1 is 1.50 bits per heavy atom. The summed E-state index contributed by atoms with van der Waals surface area (Å²) in [5.41, 5.74) is 2.27. The zero-order chi connectivity index (χ0) is 8.39. The van der Waals surface area contributed by atoms with E-state index in [1.54, 1.807) is 0 Å². The van der Waals surface area contributed by atoms with E-state index in [1.165, 1.54) is 5.52 Å². The summed E-state index contributed by atoms with van der Waals surface area (Å²) in [4.78, 5) is 4.29. The highest BCUT2D eigenvalue weighted by molar-refractivity contribution is 5.51. The number of fused-ring (bicyclic) bond motifs is 1. The first-order valence-corrected chi connectivity index (χ1v) is 3.97. The van der Waals surface area contributed by atoms with Gasteiger partial charge in [0.25, 0.3) is 0 Å². The van der Waals surface area contributed by atoms with Gasteiger partial charge < -0.3 is 9.72 Å². The van der Waals surface area contributed by atoms with E-state index in [-0.39, 0.29) is 0 Å². The smallest absolute Gasteiger partial charge is 0.0996 e. The van der Waals surface area contributed by atoms with Crippen LogP contribution < -0.4 is 5.32 Å². The molecule has 62 valence electrons. The molecule has 0 saturated carbocycles. The van der Waals surface area contributed by atoms with Gasteiger partial charge in [-0.15, -0.1) is 0 Å². The summed E-state index contributed by atoms with van der Waals surface area (Å²) >= 11 is 0. The lowest BCUT2D eigenvalue weighted by molar-refractivity contribution is 0.802. The van der Waals surface area contributed by atoms with Gasteiger partial charge in [-0.2, -0.15) is 0 Å². The van der Waals surface area contributed by atoms with Gasteiger partial charge in [-0.1, -0.05) is 6.07 Å². The maximum atomic E-state index is 4.29. The van der Waals surface area contributed by atoms with Gasteiger partial charge >= 0.3 is 0 Å². The molecule has 2 heterocycles. The van der Waals surface area contributed by atoms with Crippen molar-refractivity contribution in [3.8, 4) is 0 Å². The molecule has 2 aromatic rings. The molecule has 0 fully saturated rings. The normalized spacial score (nSPS) is 10.8. The maximum absolute atomic E-state index is 4.29. The second-order valence-electron chi connectivity index (χ2n) is 2.71. The highest BCUT2D eigenvalue weighted by atomic mass is 15.0. The summed E-state index contributed by atoms with van der Waals surface area (Å²) in [6.07, 6.45) is 3.84. The number of imidazole rings is 1. The third-order valence-electron chi connectivity index (χ3n) is 1.87. The highest BCUT2D eigenvalue weighted by Crippen LogP contribution is 2.07. The van der Waals surface area contributed by atoms with E-state index in [2.05, 4.69) is 16.4 Å². The fraction of sp³-hybridized carbons (Fsp3) is 0.222. The average Bonchev–Trinajstić information content (AvgIpc) is 2.50. The molecule has 0 amide bonds. The highest BCUT2D eigenvalue weighted by Gasteiger charge is 2.00. The van der Waals surface area contributed by atoms with Crippen LogP contribution in [0.5, 0.6) is 0 Å². The van der Waals surface area contributed by atoms with Crippen molar-refractivity contribution in [3.63, 3.8) is 0 Å². The monoisotopic (exact) mass is 161 g/mol. The van der Waals surface area contributed by atoms with E-state index in [0.717, 1.165) is 12.2 Å². The fourth-order valence-electron chi connectivity index (χ4n) is 1.30. The molecule has 0 aliphatic rings. The summed E-state index contributed by atoms with van der Waals surface area (Å²) < 4.78 is 2.02. The standard InChI is InChI=1S/C9H11N3/c1-10-6-8-9-4-2-3-5-12(9)7-11-8/h2-5,7,10H,6H2,1H3. The molecule has 2 aromatic heterocycles. The third-order valence-corrected chi connectivity index (χ3v) is 1.87. The molecule has 12 heavy (non-hydrogen) atoms. The van der Waals surface area contributed by atoms with Crippen LogP contribution in [-0.4, -0.2) is 16.4 Å². The number of nitrogens with zero attached hydrogens (tertiary/aromatic N) is 2. The van der Waals surface area contributed by atoms with Gasteiger partial charge in [0.15, 0.2) is 0 Å². The van der Waals surface area contributed by atoms with Gasteiger partial charge in [0.05, 0.1) is 17.5 Å². The lowest BCUT2D eigenvalue weighted by atomic mass is 10.3. The van der Waals surface area contributed by atoms with Crippen LogP contribution in [-0.2, 0) is 6.54 Å². The quantitative estimate of drug-likeness (QED) is 0.713. The predicted octanol–water partition coefficient (Wildman–Crippen LogP) is 1.05. The number of rotatable bonds is 2. The number of nitrogens with one attached hydrogen (secondary N) is 1. The molecular formula is C9H11N3. The van der Waals surface area contributed by atoms with Crippen LogP contribution in [0.4, 0.5) is 0 Å². The van der Waals surface area contributed by atoms with Crippen molar-refractivity contribution in [2.75, 3.05) is 7.05 Å². The molecule has 3 nitrogen and oxygen atoms in total. The van der Waals surface area contributed by atoms with Gasteiger partial charge in [-0.25, -0.2) is 4.98 Å². The van der Waals surface area contributed by atoms with Gasteiger partial charge in [-0.05, 0) is 19.2 Å². The van der Waals surface area contributed by atoms with E-state index in [4.69, 9.17) is 0 Å². The van der Waals surface area contributed by atoms with Gasteiger partial charge in [0, 0.05) is 12.7 Å². The summed E-state index contributed by atoms with van der Waals surface area (Å²) in [6.45, 7) is 0.820. The van der Waals surface area contributed by atoms with Gasteiger partial charge in [-0.3, -0.25) is 0 Å². The SMILES string of the molecule is CNCc1ncn2ccccc12. The molecule has 2 rings (SSSR count). The van der Waals surface area contributed by atoms with Crippen molar-refractivity contribution in [2.24, 2.45) is 0 Å². The number of hydrogen-bond donors (Lipinski definition) is 1. The summed E-state index contributed by atoms with van der Waals surface area (Å²) in [7, 11) is 1.92. The number of aromatic nitrogens is 2. The van der Waals surface area contributed by atoms with Gasteiger partial charge in [0.2, 0.25) is 0 Å². The minimum absolute atomic E-state index is 0.820. The van der Waals surface area contributed by atoms with Crippen LogP contribution in [0.2, 0.25) is 0 Å². The fourth-order valence-corrected chi connectivity index (χ4v) is 1.30. The molecule has 0 unspecified atom stereocenters. The summed E-state index contributed by atoms with van der Waals surface area (Å²) in [5, 5.41) is 3.09. The number of pyridine rings is 1. The van der Waals surface area contributed by atoms with Crippen LogP contribution in [0.3, 0.4) is 0 Å². The molecule has 0 saturated heterocycles. The second kappa shape index (κ2) is 2.95. The van der Waals surface area contributed by atoms with Crippen LogP contribution in [0, 0.1) is 0 Å². The van der Waals surface area contributed by atoms with E-state index in [0.29, 0.717) is 0 Å². The van der Waals surface area contributed by atoms with Crippen molar-refractivity contribution < 1.29 is 0 Å². The van der Waals surface area contributed by atoms with Crippen molar-refractivity contribution in [1.82, 2.24) is 14.7 Å². The third kappa shape index (κ3) is 1.08. The molecule has 0 atom stereocenters. The maximum Gasteiger partial charge on any atom is 0.0996 e. The molecule has 0 aliphatic heterocycles. The largest absolute Gasteiger partial charge is 0.314 e. The van der Waals surface area contributed by atoms with Crippen molar-refractivity contribution >= 4 is 5.52 Å². The van der Waals surface area contributed by atoms with E-state index < -0.39 is 0 Å². The van der Waals surface area contributed by atoms with Gasteiger partial charge in [0.1, 0.15) is 0 Å². The minimum atomic E-state index is 0.820. The lowest BCUT2D eigenvalue weighted by Crippen LogP contribution is -2.05. The van der Waals surface area contributed by atoms with Crippen LogP contribution >= 0.6 is 0 Å². The van der Waals surface area contributed by atoms with Crippen molar-refractivity contribution in [2.45, 2.75) is 6.54 Å². The Hall–Kier alpha value is -1.35. The molecule has 0 radical (unpaired) electrons. The minimum Gasteiger partial charge on any atom is -0.314 e. The molecule has 0 aliphatic carbocycles. The predicted molar refractivity (Wildman–Crippen MR) is 48.0 cm³/mol. The Morgan fingerprint density at radius 2 is 2.42 bits per heavy atom.